The van der Waals surface area contributed by atoms with Crippen LogP contribution in [0.15, 0.2) is 70.1 Å². The van der Waals surface area contributed by atoms with Crippen LogP contribution < -0.4 is 10.6 Å². The molecule has 0 fully saturated rings. The van der Waals surface area contributed by atoms with Gasteiger partial charge in [-0.3, -0.25) is 9.91 Å². The van der Waals surface area contributed by atoms with Crippen LogP contribution in [0.25, 0.3) is 0 Å². The molecule has 0 radical (unpaired) electrons. The molecule has 0 bridgehead atoms. The standard InChI is InChI=1S/C27H30BClF2N8O/c1-6-17-10-24(32)18(13-33-4)11-25(17)34-26-35-28-16-38(15-20(7-2)36-37(5)8-3)27(40)39(26)14-19-9-21(29)23(31)12-22(19)30/h2,8-13,28,32-33H,3,6,14-16H2,1,4-5H3,(H,34,35)/b18-13-,32-24?,36-20+. The number of hydrogen-bond acceptors (Lipinski definition) is 7. The molecule has 1 aliphatic carbocycles. The number of hydrazone groups is 1. The summed E-state index contributed by atoms with van der Waals surface area (Å²) in [5, 5.41) is 19.8. The Hall–Kier alpha value is -4.37. The van der Waals surface area contributed by atoms with Crippen LogP contribution in [0.2, 0.25) is 5.02 Å². The Balaban J connectivity index is 2.03. The lowest BCUT2D eigenvalue weighted by Crippen LogP contribution is -2.50. The van der Waals surface area contributed by atoms with Crippen molar-refractivity contribution in [2.75, 3.05) is 27.1 Å². The molecule has 1 aliphatic heterocycles. The van der Waals surface area contributed by atoms with Crippen LogP contribution >= 0.6 is 11.6 Å². The van der Waals surface area contributed by atoms with E-state index < -0.39 is 17.7 Å². The van der Waals surface area contributed by atoms with E-state index >= 15 is 0 Å². The van der Waals surface area contributed by atoms with Crippen molar-refractivity contribution in [3.05, 3.63) is 82.3 Å². The Bertz CT molecular complexity index is 1400. The molecular weight excluding hydrogens is 537 g/mol. The zero-order chi connectivity index (χ0) is 29.4. The summed E-state index contributed by atoms with van der Waals surface area (Å²) in [5.41, 5.74) is 2.66. The van der Waals surface area contributed by atoms with Gasteiger partial charge in [0.2, 0.25) is 0 Å². The molecule has 0 aromatic heterocycles. The van der Waals surface area contributed by atoms with E-state index in [0.717, 1.165) is 11.6 Å². The number of halogens is 3. The molecule has 1 heterocycles. The maximum atomic E-state index is 14.8. The third-order valence-electron chi connectivity index (χ3n) is 6.06. The summed E-state index contributed by atoms with van der Waals surface area (Å²) in [5.74, 6) is 0.866. The van der Waals surface area contributed by atoms with Crippen molar-refractivity contribution in [2.24, 2.45) is 10.0 Å². The van der Waals surface area contributed by atoms with E-state index in [2.05, 4.69) is 33.1 Å². The lowest BCUT2D eigenvalue weighted by Gasteiger charge is -2.30. The summed E-state index contributed by atoms with van der Waals surface area (Å²) in [6.07, 6.45) is 13.1. The van der Waals surface area contributed by atoms with Gasteiger partial charge in [-0.1, -0.05) is 31.0 Å². The molecule has 0 unspecified atom stereocenters. The highest BCUT2D eigenvalue weighted by Crippen LogP contribution is 2.24. The first-order valence-electron chi connectivity index (χ1n) is 12.4. The fourth-order valence-corrected chi connectivity index (χ4v) is 4.14. The summed E-state index contributed by atoms with van der Waals surface area (Å²) in [6, 6.07) is 1.30. The zero-order valence-electron chi connectivity index (χ0n) is 22.6. The van der Waals surface area contributed by atoms with Crippen LogP contribution in [0.3, 0.4) is 0 Å². The minimum atomic E-state index is -0.906. The molecule has 0 atom stereocenters. The van der Waals surface area contributed by atoms with Crippen LogP contribution in [0.1, 0.15) is 18.9 Å². The van der Waals surface area contributed by atoms with E-state index in [9.17, 15) is 13.6 Å². The quantitative estimate of drug-likeness (QED) is 0.140. The summed E-state index contributed by atoms with van der Waals surface area (Å²) in [6.45, 7) is 5.28. The largest absolute Gasteiger partial charge is 0.393 e. The van der Waals surface area contributed by atoms with Gasteiger partial charge in [0.25, 0.3) is 7.41 Å². The molecule has 40 heavy (non-hydrogen) atoms. The minimum Gasteiger partial charge on any atom is -0.393 e. The fourth-order valence-electron chi connectivity index (χ4n) is 3.95. The predicted octanol–water partition coefficient (Wildman–Crippen LogP) is 3.53. The van der Waals surface area contributed by atoms with Gasteiger partial charge in [-0.25, -0.2) is 13.6 Å². The third-order valence-corrected chi connectivity index (χ3v) is 6.35. The number of benzene rings is 1. The molecule has 3 N–H and O–H groups in total. The molecule has 2 amide bonds. The number of guanidine groups is 1. The number of terminal acetylenes is 1. The van der Waals surface area contributed by atoms with Crippen LogP contribution in [-0.2, 0) is 6.54 Å². The summed E-state index contributed by atoms with van der Waals surface area (Å²) >= 11 is 5.94. The average molecular weight is 567 g/mol. The molecule has 13 heteroatoms. The lowest BCUT2D eigenvalue weighted by molar-refractivity contribution is 0.186. The molecule has 1 aromatic rings. The normalized spacial score (nSPS) is 16.9. The molecular formula is C27H30BClF2N8O. The minimum absolute atomic E-state index is 0.00485. The van der Waals surface area contributed by atoms with Gasteiger partial charge in [-0.15, -0.1) is 6.42 Å². The second kappa shape index (κ2) is 13.6. The number of hydrogen-bond donors (Lipinski definition) is 3. The molecule has 0 spiro atoms. The van der Waals surface area contributed by atoms with E-state index in [1.165, 1.54) is 21.0 Å². The zero-order valence-corrected chi connectivity index (χ0v) is 23.3. The van der Waals surface area contributed by atoms with Crippen molar-refractivity contribution in [3.63, 3.8) is 0 Å². The van der Waals surface area contributed by atoms with Gasteiger partial charge in [0.1, 0.15) is 17.3 Å². The van der Waals surface area contributed by atoms with E-state index in [-0.39, 0.29) is 49.2 Å². The van der Waals surface area contributed by atoms with Gasteiger partial charge in [-0.05, 0) is 30.2 Å². The number of nitrogens with one attached hydrogen (secondary N) is 3. The van der Waals surface area contributed by atoms with E-state index in [0.29, 0.717) is 29.5 Å². The van der Waals surface area contributed by atoms with Gasteiger partial charge < -0.3 is 25.8 Å². The van der Waals surface area contributed by atoms with Crippen molar-refractivity contribution in [3.8, 4) is 12.3 Å². The Morgan fingerprint density at radius 3 is 2.80 bits per heavy atom. The average Bonchev–Trinajstić information content (AvgIpc) is 3.06. The molecule has 0 saturated heterocycles. The SMILES string of the molecule is C#C/C(CN1CBN=C(NC2=C/C(=C/NC)C(=N)C=C2CC)N(Cc2cc(Cl)c(F)cc2F)C1=O)=N\N(C)C=C. The first-order chi connectivity index (χ1) is 19.1. The van der Waals surface area contributed by atoms with Gasteiger partial charge in [0, 0.05) is 55.8 Å². The highest BCUT2D eigenvalue weighted by molar-refractivity contribution is 6.38. The Morgan fingerprint density at radius 1 is 1.40 bits per heavy atom. The van der Waals surface area contributed by atoms with Crippen molar-refractivity contribution in [2.45, 2.75) is 19.9 Å². The maximum Gasteiger partial charge on any atom is 0.326 e. The topological polar surface area (TPSA) is 99.4 Å². The number of rotatable bonds is 9. The molecule has 208 valence electrons. The Kier molecular flexibility index (Phi) is 10.3. The molecule has 2 aliphatic rings. The maximum absolute atomic E-state index is 14.8. The van der Waals surface area contributed by atoms with Crippen molar-refractivity contribution in [1.82, 2.24) is 25.4 Å². The lowest BCUT2D eigenvalue weighted by atomic mass is 9.95. The highest BCUT2D eigenvalue weighted by Gasteiger charge is 2.31. The summed E-state index contributed by atoms with van der Waals surface area (Å²) in [7, 11) is 3.59. The van der Waals surface area contributed by atoms with Gasteiger partial charge in [-0.2, -0.15) is 5.10 Å². The number of allylic oxidation sites excluding steroid dienone is 4. The fraction of sp³-hybridized carbons (Fsp3) is 0.259. The number of urea groups is 1. The van der Waals surface area contributed by atoms with Crippen LogP contribution in [0.5, 0.6) is 0 Å². The molecule has 1 aromatic carbocycles. The number of nitrogens with zero attached hydrogens (tertiary/aromatic N) is 5. The number of carbonyl (C=O) groups excluding carboxylic acids is 1. The second-order valence-corrected chi connectivity index (χ2v) is 9.22. The first-order valence-corrected chi connectivity index (χ1v) is 12.8. The second-order valence-electron chi connectivity index (χ2n) is 8.81. The van der Waals surface area contributed by atoms with Gasteiger partial charge in [0.05, 0.1) is 23.8 Å². The molecule has 3 rings (SSSR count). The molecule has 0 saturated carbocycles. The number of amides is 2. The van der Waals surface area contributed by atoms with E-state index in [4.69, 9.17) is 23.4 Å². The van der Waals surface area contributed by atoms with Crippen LogP contribution in [0, 0.1) is 29.4 Å². The monoisotopic (exact) mass is 566 g/mol. The first kappa shape index (κ1) is 30.2. The van der Waals surface area contributed by atoms with Crippen molar-refractivity contribution >= 4 is 42.4 Å². The Labute approximate surface area is 238 Å². The van der Waals surface area contributed by atoms with Gasteiger partial charge >= 0.3 is 6.03 Å². The summed E-state index contributed by atoms with van der Waals surface area (Å²) < 4.78 is 28.7. The van der Waals surface area contributed by atoms with Crippen LogP contribution in [-0.4, -0.2) is 72.7 Å². The smallest absolute Gasteiger partial charge is 0.326 e. The van der Waals surface area contributed by atoms with Crippen molar-refractivity contribution < 1.29 is 13.6 Å². The third kappa shape index (κ3) is 7.18. The van der Waals surface area contributed by atoms with Gasteiger partial charge in [0.15, 0.2) is 5.96 Å². The Morgan fingerprint density at radius 2 is 2.15 bits per heavy atom. The van der Waals surface area contributed by atoms with E-state index in [1.807, 2.05) is 6.92 Å². The van der Waals surface area contributed by atoms with Crippen molar-refractivity contribution in [1.29, 1.82) is 5.41 Å². The predicted molar refractivity (Wildman–Crippen MR) is 157 cm³/mol. The highest BCUT2D eigenvalue weighted by atomic mass is 35.5. The molecule has 9 nitrogen and oxygen atoms in total. The summed E-state index contributed by atoms with van der Waals surface area (Å²) in [4.78, 5) is 21.2. The van der Waals surface area contributed by atoms with E-state index in [1.54, 1.807) is 32.4 Å². The van der Waals surface area contributed by atoms with Crippen LogP contribution in [0.4, 0.5) is 13.6 Å². The number of carbonyl (C=O) groups is 1.